The van der Waals surface area contributed by atoms with Crippen molar-refractivity contribution in [3.05, 3.63) is 0 Å². The lowest BCUT2D eigenvalue weighted by Gasteiger charge is -2.29. The monoisotopic (exact) mass is 272 g/mol. The molecule has 0 aromatic rings. The van der Waals surface area contributed by atoms with Gasteiger partial charge in [0.2, 0.25) is 0 Å². The highest BCUT2D eigenvalue weighted by Gasteiger charge is 2.29. The number of nitrogens with one attached hydrogen (secondary N) is 1. The molecule has 1 heterocycles. The van der Waals surface area contributed by atoms with Gasteiger partial charge in [-0.3, -0.25) is 0 Å². The molecule has 0 radical (unpaired) electrons. The van der Waals surface area contributed by atoms with Crippen molar-refractivity contribution in [1.29, 1.82) is 0 Å². The maximum atomic E-state index is 5.66. The van der Waals surface area contributed by atoms with Gasteiger partial charge in [-0.2, -0.15) is 0 Å². The third-order valence-electron chi connectivity index (χ3n) is 3.58. The Labute approximate surface area is 118 Å². The van der Waals surface area contributed by atoms with Crippen molar-refractivity contribution in [1.82, 2.24) is 10.2 Å². The van der Waals surface area contributed by atoms with Gasteiger partial charge in [-0.15, -0.1) is 0 Å². The first-order chi connectivity index (χ1) is 9.17. The van der Waals surface area contributed by atoms with Gasteiger partial charge in [0.25, 0.3) is 0 Å². The lowest BCUT2D eigenvalue weighted by atomic mass is 10.0. The van der Waals surface area contributed by atoms with Gasteiger partial charge in [-0.1, -0.05) is 20.8 Å². The maximum Gasteiger partial charge on any atom is 0.0623 e. The molecule has 4 nitrogen and oxygen atoms in total. The zero-order chi connectivity index (χ0) is 14.1. The van der Waals surface area contributed by atoms with E-state index in [1.807, 2.05) is 0 Å². The largest absolute Gasteiger partial charge is 0.383 e. The first-order valence-electron chi connectivity index (χ1n) is 7.69. The van der Waals surface area contributed by atoms with E-state index in [0.717, 1.165) is 46.0 Å². The van der Waals surface area contributed by atoms with Crippen LogP contribution in [0, 0.1) is 11.8 Å². The van der Waals surface area contributed by atoms with Crippen LogP contribution in [0.25, 0.3) is 0 Å². The standard InChI is InChI=1S/C15H32N2O2/c1-5-6-16-15-12-19-11-14(15)10-17(7-8-18-4)9-13(2)3/h13-16H,5-12H2,1-4H3. The van der Waals surface area contributed by atoms with E-state index in [2.05, 4.69) is 31.0 Å². The zero-order valence-corrected chi connectivity index (χ0v) is 13.2. The van der Waals surface area contributed by atoms with E-state index in [4.69, 9.17) is 9.47 Å². The quantitative estimate of drug-likeness (QED) is 0.655. The highest BCUT2D eigenvalue weighted by Crippen LogP contribution is 2.16. The molecular weight excluding hydrogens is 240 g/mol. The Morgan fingerprint density at radius 1 is 1.37 bits per heavy atom. The predicted molar refractivity (Wildman–Crippen MR) is 79.5 cm³/mol. The second-order valence-electron chi connectivity index (χ2n) is 6.00. The molecule has 1 fully saturated rings. The molecule has 0 saturated carbocycles. The lowest BCUT2D eigenvalue weighted by Crippen LogP contribution is -2.43. The lowest BCUT2D eigenvalue weighted by molar-refractivity contribution is 0.119. The predicted octanol–water partition coefficient (Wildman–Crippen LogP) is 1.61. The van der Waals surface area contributed by atoms with E-state index in [1.54, 1.807) is 7.11 Å². The summed E-state index contributed by atoms with van der Waals surface area (Å²) in [7, 11) is 1.78. The normalized spacial score (nSPS) is 23.7. The second kappa shape index (κ2) is 9.70. The minimum Gasteiger partial charge on any atom is -0.383 e. The minimum atomic E-state index is 0.525. The molecule has 4 heteroatoms. The SMILES string of the molecule is CCCNC1COCC1CN(CCOC)CC(C)C. The topological polar surface area (TPSA) is 33.7 Å². The Balaban J connectivity index is 2.41. The molecule has 0 spiro atoms. The van der Waals surface area contributed by atoms with Crippen molar-refractivity contribution >= 4 is 0 Å². The fourth-order valence-corrected chi connectivity index (χ4v) is 2.66. The number of hydrogen-bond acceptors (Lipinski definition) is 4. The van der Waals surface area contributed by atoms with E-state index < -0.39 is 0 Å². The van der Waals surface area contributed by atoms with Crippen molar-refractivity contribution in [2.24, 2.45) is 11.8 Å². The van der Waals surface area contributed by atoms with Gasteiger partial charge in [-0.05, 0) is 18.9 Å². The summed E-state index contributed by atoms with van der Waals surface area (Å²) in [6.07, 6.45) is 1.18. The number of methoxy groups -OCH3 is 1. The van der Waals surface area contributed by atoms with Crippen LogP contribution in [0.4, 0.5) is 0 Å². The van der Waals surface area contributed by atoms with Gasteiger partial charge in [0.15, 0.2) is 0 Å². The van der Waals surface area contributed by atoms with Crippen LogP contribution in [0.1, 0.15) is 27.2 Å². The molecule has 114 valence electrons. The smallest absolute Gasteiger partial charge is 0.0623 e. The van der Waals surface area contributed by atoms with Gasteiger partial charge >= 0.3 is 0 Å². The summed E-state index contributed by atoms with van der Waals surface area (Å²) in [5.74, 6) is 1.31. The average Bonchev–Trinajstić information content (AvgIpc) is 2.80. The van der Waals surface area contributed by atoms with Crippen LogP contribution in [0.3, 0.4) is 0 Å². The molecule has 0 aliphatic carbocycles. The third-order valence-corrected chi connectivity index (χ3v) is 3.58. The van der Waals surface area contributed by atoms with Crippen molar-refractivity contribution in [3.8, 4) is 0 Å². The Hall–Kier alpha value is -0.160. The Morgan fingerprint density at radius 3 is 2.79 bits per heavy atom. The summed E-state index contributed by atoms with van der Waals surface area (Å²) in [5.41, 5.74) is 0. The van der Waals surface area contributed by atoms with Gasteiger partial charge in [0, 0.05) is 38.7 Å². The van der Waals surface area contributed by atoms with E-state index in [1.165, 1.54) is 6.42 Å². The number of ether oxygens (including phenoxy) is 2. The molecule has 2 unspecified atom stereocenters. The van der Waals surface area contributed by atoms with Crippen molar-refractivity contribution in [2.45, 2.75) is 33.2 Å². The van der Waals surface area contributed by atoms with Crippen molar-refractivity contribution in [2.75, 3.05) is 53.1 Å². The van der Waals surface area contributed by atoms with Crippen LogP contribution in [0.2, 0.25) is 0 Å². The highest BCUT2D eigenvalue weighted by molar-refractivity contribution is 4.83. The number of nitrogens with zero attached hydrogens (tertiary/aromatic N) is 1. The van der Waals surface area contributed by atoms with Crippen LogP contribution >= 0.6 is 0 Å². The molecule has 0 aromatic carbocycles. The molecule has 1 saturated heterocycles. The molecule has 1 aliphatic heterocycles. The Morgan fingerprint density at radius 2 is 2.16 bits per heavy atom. The summed E-state index contributed by atoms with van der Waals surface area (Å²) in [6, 6.07) is 0.525. The molecule has 1 N–H and O–H groups in total. The van der Waals surface area contributed by atoms with E-state index in [-0.39, 0.29) is 0 Å². The summed E-state index contributed by atoms with van der Waals surface area (Å²) < 4.78 is 10.9. The summed E-state index contributed by atoms with van der Waals surface area (Å²) in [4.78, 5) is 2.52. The Bertz CT molecular complexity index is 224. The second-order valence-corrected chi connectivity index (χ2v) is 6.00. The highest BCUT2D eigenvalue weighted by atomic mass is 16.5. The van der Waals surface area contributed by atoms with Crippen LogP contribution in [-0.4, -0.2) is 64.1 Å². The average molecular weight is 272 g/mol. The molecule has 0 amide bonds. The summed E-state index contributed by atoms with van der Waals surface area (Å²) in [6.45, 7) is 13.7. The van der Waals surface area contributed by atoms with Gasteiger partial charge in [0.1, 0.15) is 0 Å². The molecule has 1 rings (SSSR count). The van der Waals surface area contributed by atoms with Crippen molar-refractivity contribution in [3.63, 3.8) is 0 Å². The van der Waals surface area contributed by atoms with Crippen molar-refractivity contribution < 1.29 is 9.47 Å². The molecule has 0 bridgehead atoms. The maximum absolute atomic E-state index is 5.66. The zero-order valence-electron chi connectivity index (χ0n) is 13.2. The van der Waals surface area contributed by atoms with Crippen LogP contribution in [0.5, 0.6) is 0 Å². The first kappa shape index (κ1) is 16.9. The van der Waals surface area contributed by atoms with E-state index in [0.29, 0.717) is 17.9 Å². The van der Waals surface area contributed by atoms with Gasteiger partial charge < -0.3 is 19.7 Å². The third kappa shape index (κ3) is 6.70. The molecule has 19 heavy (non-hydrogen) atoms. The van der Waals surface area contributed by atoms with Gasteiger partial charge in [0.05, 0.1) is 19.8 Å². The van der Waals surface area contributed by atoms with Crippen LogP contribution in [0.15, 0.2) is 0 Å². The first-order valence-corrected chi connectivity index (χ1v) is 7.69. The fraction of sp³-hybridized carbons (Fsp3) is 1.00. The van der Waals surface area contributed by atoms with E-state index in [9.17, 15) is 0 Å². The molecule has 1 aliphatic rings. The van der Waals surface area contributed by atoms with E-state index >= 15 is 0 Å². The minimum absolute atomic E-state index is 0.525. The van der Waals surface area contributed by atoms with Gasteiger partial charge in [-0.25, -0.2) is 0 Å². The molecule has 2 atom stereocenters. The summed E-state index contributed by atoms with van der Waals surface area (Å²) >= 11 is 0. The number of hydrogen-bond donors (Lipinski definition) is 1. The van der Waals surface area contributed by atoms with Crippen LogP contribution in [-0.2, 0) is 9.47 Å². The molecular formula is C15H32N2O2. The molecule has 0 aromatic heterocycles. The Kier molecular flexibility index (Phi) is 8.62. The van der Waals surface area contributed by atoms with Crippen LogP contribution < -0.4 is 5.32 Å². The summed E-state index contributed by atoms with van der Waals surface area (Å²) in [5, 5.41) is 3.61. The fourth-order valence-electron chi connectivity index (χ4n) is 2.66. The number of rotatable bonds is 10.